The van der Waals surface area contributed by atoms with E-state index in [1.807, 2.05) is 47.6 Å². The number of anilines is 1. The summed E-state index contributed by atoms with van der Waals surface area (Å²) in [7, 11) is 0. The number of carbonyl (C=O) groups excluding carboxylic acids is 1. The maximum Gasteiger partial charge on any atom is 0.407 e. The molecule has 1 unspecified atom stereocenters. The second kappa shape index (κ2) is 7.24. The van der Waals surface area contributed by atoms with Gasteiger partial charge in [-0.3, -0.25) is 0 Å². The number of carbonyl (C=O) groups is 1. The van der Waals surface area contributed by atoms with Gasteiger partial charge in [0.05, 0.1) is 6.04 Å². The van der Waals surface area contributed by atoms with Crippen molar-refractivity contribution in [3.8, 4) is 0 Å². The van der Waals surface area contributed by atoms with E-state index in [-0.39, 0.29) is 12.0 Å². The topological polar surface area (TPSA) is 76.1 Å². The van der Waals surface area contributed by atoms with Crippen LogP contribution in [0.15, 0.2) is 12.3 Å². The summed E-state index contributed by atoms with van der Waals surface area (Å²) in [6, 6.07) is 1.77. The van der Waals surface area contributed by atoms with Gasteiger partial charge in [-0.05, 0) is 39.7 Å². The molecule has 0 saturated heterocycles. The molecule has 0 aliphatic carbocycles. The van der Waals surface area contributed by atoms with Gasteiger partial charge in [-0.25, -0.2) is 14.8 Å². The van der Waals surface area contributed by atoms with E-state index in [4.69, 9.17) is 4.74 Å². The van der Waals surface area contributed by atoms with E-state index in [9.17, 15) is 4.79 Å². The van der Waals surface area contributed by atoms with Gasteiger partial charge >= 0.3 is 6.09 Å². The van der Waals surface area contributed by atoms with Gasteiger partial charge in [0.15, 0.2) is 0 Å². The molecule has 0 radical (unpaired) electrons. The lowest BCUT2D eigenvalue weighted by Gasteiger charge is -2.26. The fraction of sp³-hybridized carbons (Fsp3) is 0.667. The summed E-state index contributed by atoms with van der Waals surface area (Å²) in [5.74, 6) is 0.821. The van der Waals surface area contributed by atoms with Crippen molar-refractivity contribution < 1.29 is 9.53 Å². The van der Waals surface area contributed by atoms with Crippen LogP contribution in [0.2, 0.25) is 0 Å². The van der Waals surface area contributed by atoms with Crippen LogP contribution in [0, 0.1) is 12.8 Å². The molecule has 2 N–H and O–H groups in total. The summed E-state index contributed by atoms with van der Waals surface area (Å²) in [4.78, 5) is 20.3. The second-order valence-electron chi connectivity index (χ2n) is 6.40. The normalized spacial score (nSPS) is 12.9. The molecule has 6 heteroatoms. The van der Waals surface area contributed by atoms with E-state index < -0.39 is 11.7 Å². The highest BCUT2D eigenvalue weighted by molar-refractivity contribution is 5.68. The number of nitrogens with one attached hydrogen (secondary N) is 2. The molecule has 1 aromatic heterocycles. The summed E-state index contributed by atoms with van der Waals surface area (Å²) in [5.41, 5.74) is 0.396. The smallest absolute Gasteiger partial charge is 0.407 e. The Hall–Kier alpha value is -1.85. The van der Waals surface area contributed by atoms with Crippen LogP contribution in [0.25, 0.3) is 0 Å². The molecule has 1 amide bonds. The molecule has 0 fully saturated rings. The second-order valence-corrected chi connectivity index (χ2v) is 6.40. The Kier molecular flexibility index (Phi) is 5.93. The first-order chi connectivity index (χ1) is 9.67. The molecule has 0 spiro atoms. The molecule has 0 saturated carbocycles. The predicted octanol–water partition coefficient (Wildman–Crippen LogP) is 2.75. The molecule has 0 aromatic carbocycles. The first-order valence-corrected chi connectivity index (χ1v) is 7.20. The number of amides is 1. The van der Waals surface area contributed by atoms with Crippen molar-refractivity contribution in [3.63, 3.8) is 0 Å². The van der Waals surface area contributed by atoms with Gasteiger partial charge in [0.25, 0.3) is 0 Å². The van der Waals surface area contributed by atoms with Gasteiger partial charge in [-0.2, -0.15) is 0 Å². The van der Waals surface area contributed by atoms with E-state index in [0.29, 0.717) is 12.5 Å². The minimum atomic E-state index is -0.501. The standard InChI is InChI=1S/C15H26N4O2/c1-10(2)12(19-14(20)21-15(4,5)6)9-17-13-16-8-7-11(3)18-13/h7-8,10,12H,9H2,1-6H3,(H,19,20)(H,16,17,18). The van der Waals surface area contributed by atoms with E-state index in [1.54, 1.807) is 6.20 Å². The highest BCUT2D eigenvalue weighted by Gasteiger charge is 2.21. The Morgan fingerprint density at radius 2 is 2.05 bits per heavy atom. The Morgan fingerprint density at radius 1 is 1.38 bits per heavy atom. The molecule has 6 nitrogen and oxygen atoms in total. The van der Waals surface area contributed by atoms with Crippen molar-refractivity contribution in [2.45, 2.75) is 53.2 Å². The molecule has 0 aliphatic heterocycles. The number of hydrogen-bond donors (Lipinski definition) is 2. The highest BCUT2D eigenvalue weighted by Crippen LogP contribution is 2.09. The fourth-order valence-electron chi connectivity index (χ4n) is 1.65. The van der Waals surface area contributed by atoms with Gasteiger partial charge in [0.1, 0.15) is 5.60 Å². The molecule has 21 heavy (non-hydrogen) atoms. The van der Waals surface area contributed by atoms with E-state index in [2.05, 4.69) is 20.6 Å². The molecular weight excluding hydrogens is 268 g/mol. The van der Waals surface area contributed by atoms with Gasteiger partial charge in [-0.15, -0.1) is 0 Å². The monoisotopic (exact) mass is 294 g/mol. The van der Waals surface area contributed by atoms with Crippen LogP contribution in [-0.4, -0.2) is 34.2 Å². The number of ether oxygens (including phenoxy) is 1. The molecule has 0 bridgehead atoms. The van der Waals surface area contributed by atoms with Crippen LogP contribution in [0.3, 0.4) is 0 Å². The number of aromatic nitrogens is 2. The maximum absolute atomic E-state index is 11.8. The van der Waals surface area contributed by atoms with E-state index >= 15 is 0 Å². The Bertz CT molecular complexity index is 469. The van der Waals surface area contributed by atoms with Crippen LogP contribution in [-0.2, 0) is 4.74 Å². The van der Waals surface area contributed by atoms with Crippen molar-refractivity contribution in [2.24, 2.45) is 5.92 Å². The Morgan fingerprint density at radius 3 is 2.57 bits per heavy atom. The molecular formula is C15H26N4O2. The first-order valence-electron chi connectivity index (χ1n) is 7.20. The van der Waals surface area contributed by atoms with Crippen molar-refractivity contribution in [2.75, 3.05) is 11.9 Å². The minimum Gasteiger partial charge on any atom is -0.444 e. The third-order valence-electron chi connectivity index (χ3n) is 2.78. The Labute approximate surface area is 126 Å². The number of hydrogen-bond acceptors (Lipinski definition) is 5. The summed E-state index contributed by atoms with van der Waals surface area (Å²) >= 11 is 0. The summed E-state index contributed by atoms with van der Waals surface area (Å²) in [5, 5.41) is 6.02. The lowest BCUT2D eigenvalue weighted by atomic mass is 10.0. The van der Waals surface area contributed by atoms with Crippen molar-refractivity contribution in [1.29, 1.82) is 0 Å². The molecule has 1 atom stereocenters. The Balaban J connectivity index is 2.56. The molecule has 1 rings (SSSR count). The minimum absolute atomic E-state index is 0.0658. The fourth-order valence-corrected chi connectivity index (χ4v) is 1.65. The largest absolute Gasteiger partial charge is 0.444 e. The lowest BCUT2D eigenvalue weighted by molar-refractivity contribution is 0.0494. The van der Waals surface area contributed by atoms with Crippen LogP contribution < -0.4 is 10.6 Å². The van der Waals surface area contributed by atoms with E-state index in [0.717, 1.165) is 5.69 Å². The van der Waals surface area contributed by atoms with Gasteiger partial charge in [0, 0.05) is 18.4 Å². The van der Waals surface area contributed by atoms with Gasteiger partial charge in [0.2, 0.25) is 5.95 Å². The van der Waals surface area contributed by atoms with Crippen LogP contribution in [0.5, 0.6) is 0 Å². The number of alkyl carbamates (subject to hydrolysis) is 1. The van der Waals surface area contributed by atoms with Crippen LogP contribution in [0.1, 0.15) is 40.3 Å². The zero-order chi connectivity index (χ0) is 16.0. The number of rotatable bonds is 5. The van der Waals surface area contributed by atoms with Crippen molar-refractivity contribution >= 4 is 12.0 Å². The molecule has 1 heterocycles. The SMILES string of the molecule is Cc1ccnc(NCC(NC(=O)OC(C)(C)C)C(C)C)n1. The highest BCUT2D eigenvalue weighted by atomic mass is 16.6. The summed E-state index contributed by atoms with van der Waals surface area (Å²) in [6.07, 6.45) is 1.30. The summed E-state index contributed by atoms with van der Waals surface area (Å²) in [6.45, 7) is 12.1. The quantitative estimate of drug-likeness (QED) is 0.873. The first kappa shape index (κ1) is 17.2. The van der Waals surface area contributed by atoms with Crippen molar-refractivity contribution in [3.05, 3.63) is 18.0 Å². The molecule has 1 aromatic rings. The summed E-state index contributed by atoms with van der Waals surface area (Å²) < 4.78 is 5.28. The zero-order valence-electron chi connectivity index (χ0n) is 13.7. The predicted molar refractivity (Wildman–Crippen MR) is 83.3 cm³/mol. The van der Waals surface area contributed by atoms with Gasteiger partial charge in [-0.1, -0.05) is 13.8 Å². The third-order valence-corrected chi connectivity index (χ3v) is 2.78. The van der Waals surface area contributed by atoms with Crippen LogP contribution >= 0.6 is 0 Å². The molecule has 0 aliphatic rings. The lowest BCUT2D eigenvalue weighted by Crippen LogP contribution is -2.45. The number of aryl methyl sites for hydroxylation is 1. The average Bonchev–Trinajstić information content (AvgIpc) is 2.32. The number of nitrogens with zero attached hydrogens (tertiary/aromatic N) is 2. The van der Waals surface area contributed by atoms with Crippen LogP contribution in [0.4, 0.5) is 10.7 Å². The average molecular weight is 294 g/mol. The zero-order valence-corrected chi connectivity index (χ0v) is 13.7. The van der Waals surface area contributed by atoms with Crippen molar-refractivity contribution in [1.82, 2.24) is 15.3 Å². The third kappa shape index (κ3) is 6.92. The molecule has 118 valence electrons. The van der Waals surface area contributed by atoms with Gasteiger partial charge < -0.3 is 15.4 Å². The van der Waals surface area contributed by atoms with E-state index in [1.165, 1.54) is 0 Å². The maximum atomic E-state index is 11.8.